The van der Waals surface area contributed by atoms with Crippen molar-refractivity contribution in [2.75, 3.05) is 11.9 Å². The largest absolute Gasteiger partial charge is 0.441 e. The van der Waals surface area contributed by atoms with Gasteiger partial charge in [0.2, 0.25) is 10.0 Å². The number of carbonyl (C=O) groups excluding carboxylic acids is 2. The average molecular weight is 529 g/mol. The van der Waals surface area contributed by atoms with Crippen LogP contribution in [-0.4, -0.2) is 31.2 Å². The van der Waals surface area contributed by atoms with Crippen LogP contribution in [0.1, 0.15) is 27.0 Å². The molecule has 0 aliphatic carbocycles. The van der Waals surface area contributed by atoms with E-state index in [1.54, 1.807) is 12.1 Å². The second-order valence-electron chi connectivity index (χ2n) is 8.71. The third kappa shape index (κ3) is 6.94. The summed E-state index contributed by atoms with van der Waals surface area (Å²) in [5.41, 5.74) is 3.42. The second kappa shape index (κ2) is 12.3. The molecule has 0 aromatic heterocycles. The molecule has 8 heteroatoms. The Kier molecular flexibility index (Phi) is 8.68. The number of ether oxygens (including phenoxy) is 1. The Hall–Kier alpha value is -4.27. The van der Waals surface area contributed by atoms with E-state index in [1.165, 1.54) is 28.6 Å². The fraction of sp³-hybridized carbons (Fsp3) is 0.133. The summed E-state index contributed by atoms with van der Waals surface area (Å²) in [5, 5.41) is 2.60. The molecule has 0 saturated heterocycles. The second-order valence-corrected chi connectivity index (χ2v) is 10.6. The monoisotopic (exact) mass is 528 g/mol. The van der Waals surface area contributed by atoms with Gasteiger partial charge >= 0.3 is 6.09 Å². The van der Waals surface area contributed by atoms with Gasteiger partial charge in [0.1, 0.15) is 0 Å². The Bertz CT molecular complexity index is 1450. The van der Waals surface area contributed by atoms with Crippen molar-refractivity contribution in [3.63, 3.8) is 0 Å². The fourth-order valence-corrected chi connectivity index (χ4v) is 5.25. The summed E-state index contributed by atoms with van der Waals surface area (Å²) in [6.45, 7) is 1.76. The Morgan fingerprint density at radius 2 is 1.26 bits per heavy atom. The number of amides is 1. The van der Waals surface area contributed by atoms with Crippen molar-refractivity contribution in [1.82, 2.24) is 4.31 Å². The lowest BCUT2D eigenvalue weighted by Gasteiger charge is -2.23. The van der Waals surface area contributed by atoms with E-state index >= 15 is 0 Å². The summed E-state index contributed by atoms with van der Waals surface area (Å²) < 4.78 is 33.7. The molecular weight excluding hydrogens is 500 g/mol. The van der Waals surface area contributed by atoms with Crippen molar-refractivity contribution < 1.29 is 22.7 Å². The Labute approximate surface area is 222 Å². The van der Waals surface area contributed by atoms with Gasteiger partial charge in [-0.05, 0) is 53.9 Å². The summed E-state index contributed by atoms with van der Waals surface area (Å²) >= 11 is 0. The molecule has 0 atom stereocenters. The lowest BCUT2D eigenvalue weighted by Crippen LogP contribution is -2.30. The number of carbonyl (C=O) groups is 2. The van der Waals surface area contributed by atoms with Crippen LogP contribution in [0, 0.1) is 6.92 Å². The molecule has 38 heavy (non-hydrogen) atoms. The molecule has 7 nitrogen and oxygen atoms in total. The van der Waals surface area contributed by atoms with Gasteiger partial charge in [-0.25, -0.2) is 13.2 Å². The Morgan fingerprint density at radius 3 is 1.82 bits per heavy atom. The quantitative estimate of drug-likeness (QED) is 0.262. The summed E-state index contributed by atoms with van der Waals surface area (Å²) in [5.74, 6) is -0.445. The Balaban J connectivity index is 1.45. The van der Waals surface area contributed by atoms with E-state index in [4.69, 9.17) is 4.74 Å². The van der Waals surface area contributed by atoms with Crippen LogP contribution in [0.15, 0.2) is 114 Å². The van der Waals surface area contributed by atoms with Crippen molar-refractivity contribution in [2.45, 2.75) is 24.9 Å². The number of nitrogens with zero attached hydrogens (tertiary/aromatic N) is 1. The van der Waals surface area contributed by atoms with Gasteiger partial charge in [-0.2, -0.15) is 4.31 Å². The molecule has 0 bridgehead atoms. The van der Waals surface area contributed by atoms with E-state index in [2.05, 4.69) is 5.32 Å². The zero-order valence-electron chi connectivity index (χ0n) is 20.9. The molecule has 0 unspecified atom stereocenters. The third-order valence-corrected chi connectivity index (χ3v) is 7.74. The van der Waals surface area contributed by atoms with Crippen molar-refractivity contribution in [3.8, 4) is 0 Å². The van der Waals surface area contributed by atoms with E-state index < -0.39 is 28.5 Å². The molecule has 194 valence electrons. The van der Waals surface area contributed by atoms with E-state index in [1.807, 2.05) is 79.7 Å². The number of sulfonamides is 1. The number of anilines is 1. The molecule has 4 aromatic rings. The maximum atomic E-state index is 13.6. The first-order valence-corrected chi connectivity index (χ1v) is 13.5. The van der Waals surface area contributed by atoms with E-state index in [0.717, 1.165) is 16.7 Å². The van der Waals surface area contributed by atoms with Gasteiger partial charge in [-0.15, -0.1) is 0 Å². The molecule has 0 heterocycles. The SMILES string of the molecule is Cc1ccccc1NC(=O)OCC(=O)c1ccc(S(=O)(=O)N(Cc2ccccc2)Cc2ccccc2)cc1. The summed E-state index contributed by atoms with van der Waals surface area (Å²) in [6.07, 6.45) is -0.746. The number of hydrogen-bond donors (Lipinski definition) is 1. The van der Waals surface area contributed by atoms with Crippen molar-refractivity contribution in [1.29, 1.82) is 0 Å². The standard InChI is InChI=1S/C30H28N2O5S/c1-23-10-8-9-15-28(23)31-30(34)37-22-29(33)26-16-18-27(19-17-26)38(35,36)32(20-24-11-4-2-5-12-24)21-25-13-6-3-7-14-25/h2-19H,20-22H2,1H3,(H,31,34). The number of ketones is 1. The van der Waals surface area contributed by atoms with Crippen LogP contribution in [0.5, 0.6) is 0 Å². The minimum atomic E-state index is -3.88. The molecule has 1 amide bonds. The van der Waals surface area contributed by atoms with Crippen LogP contribution in [0.4, 0.5) is 10.5 Å². The maximum Gasteiger partial charge on any atom is 0.412 e. The molecule has 0 aliphatic heterocycles. The number of hydrogen-bond acceptors (Lipinski definition) is 5. The molecular formula is C30H28N2O5S. The number of para-hydroxylation sites is 1. The molecule has 4 rings (SSSR count). The first-order valence-electron chi connectivity index (χ1n) is 12.0. The minimum absolute atomic E-state index is 0.0686. The van der Waals surface area contributed by atoms with Crippen LogP contribution >= 0.6 is 0 Å². The number of nitrogens with one attached hydrogen (secondary N) is 1. The van der Waals surface area contributed by atoms with Crippen LogP contribution < -0.4 is 5.32 Å². The van der Waals surface area contributed by atoms with Crippen molar-refractivity contribution in [2.24, 2.45) is 0 Å². The molecule has 1 N–H and O–H groups in total. The van der Waals surface area contributed by atoms with Gasteiger partial charge in [0.15, 0.2) is 12.4 Å². The highest BCUT2D eigenvalue weighted by atomic mass is 32.2. The zero-order chi connectivity index (χ0) is 27.0. The predicted octanol–water partition coefficient (Wildman–Crippen LogP) is 5.82. The van der Waals surface area contributed by atoms with E-state index in [0.29, 0.717) is 5.69 Å². The number of rotatable bonds is 10. The van der Waals surface area contributed by atoms with Crippen LogP contribution in [0.25, 0.3) is 0 Å². The zero-order valence-corrected chi connectivity index (χ0v) is 21.7. The van der Waals surface area contributed by atoms with Crippen molar-refractivity contribution in [3.05, 3.63) is 131 Å². The first kappa shape index (κ1) is 26.8. The smallest absolute Gasteiger partial charge is 0.412 e. The number of benzene rings is 4. The molecule has 0 saturated carbocycles. The van der Waals surface area contributed by atoms with Crippen molar-refractivity contribution >= 4 is 27.6 Å². The highest BCUT2D eigenvalue weighted by molar-refractivity contribution is 7.89. The highest BCUT2D eigenvalue weighted by Gasteiger charge is 2.25. The van der Waals surface area contributed by atoms with Gasteiger partial charge in [0, 0.05) is 24.3 Å². The predicted molar refractivity (Wildman–Crippen MR) is 146 cm³/mol. The number of aryl methyl sites for hydroxylation is 1. The van der Waals surface area contributed by atoms with Gasteiger partial charge in [-0.3, -0.25) is 10.1 Å². The minimum Gasteiger partial charge on any atom is -0.441 e. The van der Waals surface area contributed by atoms with Gasteiger partial charge in [0.25, 0.3) is 0 Å². The van der Waals surface area contributed by atoms with Crippen LogP contribution in [0.2, 0.25) is 0 Å². The van der Waals surface area contributed by atoms with Gasteiger partial charge in [0.05, 0.1) is 4.90 Å². The normalized spacial score (nSPS) is 11.2. The molecule has 4 aromatic carbocycles. The fourth-order valence-electron chi connectivity index (χ4n) is 3.84. The Morgan fingerprint density at radius 1 is 0.737 bits per heavy atom. The maximum absolute atomic E-state index is 13.6. The number of Topliss-reactive ketones (excluding diaryl/α,β-unsaturated/α-hetero) is 1. The van der Waals surface area contributed by atoms with Gasteiger partial charge < -0.3 is 4.74 Å². The highest BCUT2D eigenvalue weighted by Crippen LogP contribution is 2.22. The molecule has 0 radical (unpaired) electrons. The third-order valence-electron chi connectivity index (χ3n) is 5.93. The summed E-state index contributed by atoms with van der Waals surface area (Å²) in [4.78, 5) is 24.7. The van der Waals surface area contributed by atoms with Crippen LogP contribution in [0.3, 0.4) is 0 Å². The molecule has 0 aliphatic rings. The topological polar surface area (TPSA) is 92.8 Å². The van der Waals surface area contributed by atoms with Gasteiger partial charge in [-0.1, -0.05) is 78.9 Å². The molecule has 0 fully saturated rings. The average Bonchev–Trinajstić information content (AvgIpc) is 2.94. The lowest BCUT2D eigenvalue weighted by atomic mass is 10.1. The van der Waals surface area contributed by atoms with E-state index in [9.17, 15) is 18.0 Å². The summed E-state index contributed by atoms with van der Waals surface area (Å²) in [6, 6.07) is 31.6. The lowest BCUT2D eigenvalue weighted by molar-refractivity contribution is 0.0863. The van der Waals surface area contributed by atoms with Crippen LogP contribution in [-0.2, 0) is 27.8 Å². The molecule has 0 spiro atoms. The first-order chi connectivity index (χ1) is 18.3. The summed E-state index contributed by atoms with van der Waals surface area (Å²) in [7, 11) is -3.88. The van der Waals surface area contributed by atoms with E-state index in [-0.39, 0.29) is 23.5 Å².